The van der Waals surface area contributed by atoms with Crippen molar-refractivity contribution < 1.29 is 14.7 Å². The molecular formula is C16H19ClN4O3. The van der Waals surface area contributed by atoms with Crippen LogP contribution in [0.2, 0.25) is 5.02 Å². The molecular weight excluding hydrogens is 332 g/mol. The predicted octanol–water partition coefficient (Wildman–Crippen LogP) is 2.42. The van der Waals surface area contributed by atoms with Gasteiger partial charge in [0.1, 0.15) is 0 Å². The lowest BCUT2D eigenvalue weighted by atomic mass is 10.2. The SMILES string of the molecule is CCc1c(C(=O)N(CC)CCC(=O)O)nnn1-c1cccc(Cl)c1. The Bertz CT molecular complexity index is 745. The van der Waals surface area contributed by atoms with Crippen LogP contribution in [0.3, 0.4) is 0 Å². The number of aromatic nitrogens is 3. The van der Waals surface area contributed by atoms with Crippen LogP contribution in [0.25, 0.3) is 5.69 Å². The fourth-order valence-electron chi connectivity index (χ4n) is 2.38. The van der Waals surface area contributed by atoms with E-state index in [9.17, 15) is 9.59 Å². The van der Waals surface area contributed by atoms with Crippen LogP contribution in [-0.4, -0.2) is 50.0 Å². The Morgan fingerprint density at radius 1 is 1.33 bits per heavy atom. The van der Waals surface area contributed by atoms with Crippen molar-refractivity contribution in [1.82, 2.24) is 19.9 Å². The minimum Gasteiger partial charge on any atom is -0.481 e. The average Bonchev–Trinajstić information content (AvgIpc) is 2.98. The third kappa shape index (κ3) is 3.91. The Morgan fingerprint density at radius 2 is 2.08 bits per heavy atom. The summed E-state index contributed by atoms with van der Waals surface area (Å²) >= 11 is 6.01. The molecule has 1 aromatic carbocycles. The fourth-order valence-corrected chi connectivity index (χ4v) is 2.57. The molecule has 0 saturated carbocycles. The lowest BCUT2D eigenvalue weighted by Gasteiger charge is -2.19. The summed E-state index contributed by atoms with van der Waals surface area (Å²) in [7, 11) is 0. The Hall–Kier alpha value is -2.41. The molecule has 8 heteroatoms. The quantitative estimate of drug-likeness (QED) is 0.828. The van der Waals surface area contributed by atoms with Gasteiger partial charge < -0.3 is 10.0 Å². The number of carboxylic acids is 1. The van der Waals surface area contributed by atoms with Crippen molar-refractivity contribution in [3.8, 4) is 5.69 Å². The van der Waals surface area contributed by atoms with E-state index in [1.54, 1.807) is 29.8 Å². The number of hydrogen-bond acceptors (Lipinski definition) is 4. The predicted molar refractivity (Wildman–Crippen MR) is 89.6 cm³/mol. The number of carbonyl (C=O) groups is 2. The van der Waals surface area contributed by atoms with Crippen LogP contribution < -0.4 is 0 Å². The maximum Gasteiger partial charge on any atom is 0.305 e. The van der Waals surface area contributed by atoms with Crippen LogP contribution in [0.15, 0.2) is 24.3 Å². The summed E-state index contributed by atoms with van der Waals surface area (Å²) < 4.78 is 1.59. The van der Waals surface area contributed by atoms with Gasteiger partial charge in [-0.1, -0.05) is 29.8 Å². The third-order valence-corrected chi connectivity index (χ3v) is 3.85. The number of benzene rings is 1. The number of hydrogen-bond donors (Lipinski definition) is 1. The second kappa shape index (κ2) is 7.92. The first-order valence-electron chi connectivity index (χ1n) is 7.69. The van der Waals surface area contributed by atoms with E-state index in [0.717, 1.165) is 5.69 Å². The normalized spacial score (nSPS) is 10.6. The average molecular weight is 351 g/mol. The van der Waals surface area contributed by atoms with Crippen LogP contribution in [0.4, 0.5) is 0 Å². The molecule has 0 aliphatic rings. The first kappa shape index (κ1) is 17.9. The lowest BCUT2D eigenvalue weighted by Crippen LogP contribution is -2.33. The van der Waals surface area contributed by atoms with Gasteiger partial charge in [-0.25, -0.2) is 4.68 Å². The number of carboxylic acid groups (broad SMARTS) is 1. The van der Waals surface area contributed by atoms with E-state index in [1.165, 1.54) is 4.90 Å². The topological polar surface area (TPSA) is 88.3 Å². The number of rotatable bonds is 7. The zero-order valence-electron chi connectivity index (χ0n) is 13.6. The monoisotopic (exact) mass is 350 g/mol. The van der Waals surface area contributed by atoms with E-state index < -0.39 is 5.97 Å². The molecule has 0 fully saturated rings. The molecule has 0 aliphatic carbocycles. The minimum atomic E-state index is -0.945. The Kier molecular flexibility index (Phi) is 5.92. The second-order valence-corrected chi connectivity index (χ2v) is 5.59. The second-order valence-electron chi connectivity index (χ2n) is 5.16. The summed E-state index contributed by atoms with van der Waals surface area (Å²) in [6, 6.07) is 7.12. The van der Waals surface area contributed by atoms with Gasteiger partial charge in [0.05, 0.1) is 17.8 Å². The Morgan fingerprint density at radius 3 is 2.67 bits per heavy atom. The maximum absolute atomic E-state index is 12.7. The Balaban J connectivity index is 2.34. The standard InChI is InChI=1S/C16H19ClN4O3/c1-3-13-15(16(24)20(4-2)9-8-14(22)23)18-19-21(13)12-7-5-6-11(17)10-12/h5-7,10H,3-4,8-9H2,1-2H3,(H,22,23). The van der Waals surface area contributed by atoms with E-state index in [0.29, 0.717) is 23.7 Å². The highest BCUT2D eigenvalue weighted by Crippen LogP contribution is 2.18. The van der Waals surface area contributed by atoms with E-state index in [4.69, 9.17) is 16.7 Å². The van der Waals surface area contributed by atoms with Crippen LogP contribution in [0.5, 0.6) is 0 Å². The molecule has 0 aliphatic heterocycles. The highest BCUT2D eigenvalue weighted by Gasteiger charge is 2.24. The van der Waals surface area contributed by atoms with Gasteiger partial charge in [0, 0.05) is 18.1 Å². The molecule has 0 bridgehead atoms. The lowest BCUT2D eigenvalue weighted by molar-refractivity contribution is -0.137. The zero-order chi connectivity index (χ0) is 17.7. The van der Waals surface area contributed by atoms with Gasteiger partial charge in [0.15, 0.2) is 5.69 Å². The highest BCUT2D eigenvalue weighted by atomic mass is 35.5. The molecule has 7 nitrogen and oxygen atoms in total. The molecule has 1 aromatic heterocycles. The smallest absolute Gasteiger partial charge is 0.305 e. The van der Waals surface area contributed by atoms with E-state index >= 15 is 0 Å². The maximum atomic E-state index is 12.7. The molecule has 1 heterocycles. The molecule has 0 atom stereocenters. The van der Waals surface area contributed by atoms with Crippen molar-refractivity contribution in [2.24, 2.45) is 0 Å². The van der Waals surface area contributed by atoms with Crippen molar-refractivity contribution in [3.05, 3.63) is 40.7 Å². The molecule has 1 amide bonds. The van der Waals surface area contributed by atoms with Gasteiger partial charge in [-0.3, -0.25) is 9.59 Å². The van der Waals surface area contributed by atoms with Crippen molar-refractivity contribution in [2.45, 2.75) is 26.7 Å². The summed E-state index contributed by atoms with van der Waals surface area (Å²) in [6.07, 6.45) is 0.445. The molecule has 0 spiro atoms. The minimum absolute atomic E-state index is 0.108. The number of carbonyl (C=O) groups excluding carboxylic acids is 1. The largest absolute Gasteiger partial charge is 0.481 e. The van der Waals surface area contributed by atoms with Gasteiger partial charge in [0.2, 0.25) is 0 Å². The summed E-state index contributed by atoms with van der Waals surface area (Å²) in [6.45, 7) is 4.24. The first-order valence-corrected chi connectivity index (χ1v) is 8.07. The number of halogens is 1. The van der Waals surface area contributed by atoms with Crippen LogP contribution in [0.1, 0.15) is 36.5 Å². The highest BCUT2D eigenvalue weighted by molar-refractivity contribution is 6.30. The van der Waals surface area contributed by atoms with E-state index in [-0.39, 0.29) is 24.6 Å². The molecule has 1 N–H and O–H groups in total. The number of amides is 1. The molecule has 2 aromatic rings. The summed E-state index contributed by atoms with van der Waals surface area (Å²) in [4.78, 5) is 24.9. The van der Waals surface area contributed by atoms with Gasteiger partial charge in [-0.05, 0) is 31.5 Å². The summed E-state index contributed by atoms with van der Waals surface area (Å²) in [5, 5.41) is 17.5. The fraction of sp³-hybridized carbons (Fsp3) is 0.375. The van der Waals surface area contributed by atoms with Crippen molar-refractivity contribution in [1.29, 1.82) is 0 Å². The van der Waals surface area contributed by atoms with Gasteiger partial charge in [-0.2, -0.15) is 0 Å². The van der Waals surface area contributed by atoms with Crippen molar-refractivity contribution >= 4 is 23.5 Å². The molecule has 24 heavy (non-hydrogen) atoms. The molecule has 0 saturated heterocycles. The van der Waals surface area contributed by atoms with Crippen LogP contribution in [0, 0.1) is 0 Å². The molecule has 128 valence electrons. The van der Waals surface area contributed by atoms with Crippen LogP contribution in [-0.2, 0) is 11.2 Å². The molecule has 0 unspecified atom stereocenters. The summed E-state index contributed by atoms with van der Waals surface area (Å²) in [5.41, 5.74) is 1.63. The van der Waals surface area contributed by atoms with Crippen molar-refractivity contribution in [3.63, 3.8) is 0 Å². The number of nitrogens with zero attached hydrogens (tertiary/aromatic N) is 4. The van der Waals surface area contributed by atoms with E-state index in [1.807, 2.05) is 13.0 Å². The first-order chi connectivity index (χ1) is 11.5. The van der Waals surface area contributed by atoms with Gasteiger partial charge in [0.25, 0.3) is 5.91 Å². The Labute approximate surface area is 144 Å². The van der Waals surface area contributed by atoms with E-state index in [2.05, 4.69) is 10.3 Å². The molecule has 0 radical (unpaired) electrons. The van der Waals surface area contributed by atoms with Gasteiger partial charge in [-0.15, -0.1) is 5.10 Å². The van der Waals surface area contributed by atoms with Gasteiger partial charge >= 0.3 is 5.97 Å². The third-order valence-electron chi connectivity index (χ3n) is 3.62. The van der Waals surface area contributed by atoms with Crippen molar-refractivity contribution in [2.75, 3.05) is 13.1 Å². The zero-order valence-corrected chi connectivity index (χ0v) is 14.3. The summed E-state index contributed by atoms with van der Waals surface area (Å²) in [5.74, 6) is -1.26. The molecule has 2 rings (SSSR count). The van der Waals surface area contributed by atoms with Crippen LogP contribution >= 0.6 is 11.6 Å². The number of aliphatic carboxylic acids is 1.